The molecule has 0 N–H and O–H groups in total. The van der Waals surface area contributed by atoms with Crippen LogP contribution in [0.15, 0.2) is 54.9 Å². The maximum Gasteiger partial charge on any atom is 0.224 e. The molecule has 0 amide bonds. The van der Waals surface area contributed by atoms with Gasteiger partial charge < -0.3 is 9.64 Å². The van der Waals surface area contributed by atoms with Gasteiger partial charge in [0.15, 0.2) is 0 Å². The zero-order chi connectivity index (χ0) is 14.8. The Balaban J connectivity index is 1.60. The van der Waals surface area contributed by atoms with Crippen molar-refractivity contribution in [2.75, 3.05) is 18.0 Å². The molecule has 1 aromatic heterocycles. The summed E-state index contributed by atoms with van der Waals surface area (Å²) in [6, 6.07) is 16.2. The van der Waals surface area contributed by atoms with Gasteiger partial charge in [0.1, 0.15) is 17.9 Å². The normalized spacial score (nSPS) is 14.5. The molecule has 22 heavy (non-hydrogen) atoms. The van der Waals surface area contributed by atoms with E-state index in [1.165, 1.54) is 18.2 Å². The molecule has 2 aromatic carbocycles. The van der Waals surface area contributed by atoms with E-state index >= 15 is 0 Å². The van der Waals surface area contributed by atoms with Crippen molar-refractivity contribution < 1.29 is 4.74 Å². The van der Waals surface area contributed by atoms with Crippen LogP contribution in [-0.2, 0) is 0 Å². The van der Waals surface area contributed by atoms with E-state index in [4.69, 9.17) is 4.74 Å². The zero-order valence-corrected chi connectivity index (χ0v) is 12.3. The number of fused-ring (bicyclic) bond motifs is 1. The van der Waals surface area contributed by atoms with Crippen LogP contribution >= 0.6 is 0 Å². The molecule has 0 bridgehead atoms. The van der Waals surface area contributed by atoms with E-state index in [1.54, 1.807) is 6.33 Å². The highest BCUT2D eigenvalue weighted by Gasteiger charge is 2.14. The molecule has 1 fully saturated rings. The third kappa shape index (κ3) is 2.60. The van der Waals surface area contributed by atoms with Crippen molar-refractivity contribution in [2.45, 2.75) is 12.8 Å². The second-order valence-corrected chi connectivity index (χ2v) is 5.52. The van der Waals surface area contributed by atoms with Crippen LogP contribution < -0.4 is 9.64 Å². The Morgan fingerprint density at radius 2 is 1.68 bits per heavy atom. The summed E-state index contributed by atoms with van der Waals surface area (Å²) < 4.78 is 5.91. The highest BCUT2D eigenvalue weighted by Crippen LogP contribution is 2.26. The quantitative estimate of drug-likeness (QED) is 0.730. The van der Waals surface area contributed by atoms with E-state index in [2.05, 4.69) is 33.1 Å². The monoisotopic (exact) mass is 291 g/mol. The Bertz CT molecular complexity index is 797. The lowest BCUT2D eigenvalue weighted by molar-refractivity contribution is 0.462. The molecule has 0 aliphatic carbocycles. The number of hydrogen-bond donors (Lipinski definition) is 0. The molecule has 0 unspecified atom stereocenters. The van der Waals surface area contributed by atoms with Gasteiger partial charge in [0.25, 0.3) is 0 Å². The Labute approximate surface area is 129 Å². The molecule has 2 heterocycles. The van der Waals surface area contributed by atoms with Gasteiger partial charge in [0.2, 0.25) is 5.88 Å². The van der Waals surface area contributed by atoms with E-state index in [1.807, 2.05) is 30.3 Å². The number of rotatable bonds is 3. The van der Waals surface area contributed by atoms with Gasteiger partial charge in [-0.3, -0.25) is 0 Å². The summed E-state index contributed by atoms with van der Waals surface area (Å²) in [7, 11) is 0. The third-order valence-electron chi connectivity index (χ3n) is 4.00. The van der Waals surface area contributed by atoms with Crippen molar-refractivity contribution in [3.05, 3.63) is 54.9 Å². The summed E-state index contributed by atoms with van der Waals surface area (Å²) in [5.74, 6) is 2.33. The largest absolute Gasteiger partial charge is 0.439 e. The third-order valence-corrected chi connectivity index (χ3v) is 4.00. The number of nitrogens with zero attached hydrogens (tertiary/aromatic N) is 3. The van der Waals surface area contributed by atoms with Crippen molar-refractivity contribution in [3.8, 4) is 11.6 Å². The fourth-order valence-corrected chi connectivity index (χ4v) is 2.86. The molecule has 0 atom stereocenters. The van der Waals surface area contributed by atoms with Crippen molar-refractivity contribution in [1.29, 1.82) is 0 Å². The first kappa shape index (κ1) is 13.1. The van der Waals surface area contributed by atoms with Crippen LogP contribution in [0, 0.1) is 0 Å². The van der Waals surface area contributed by atoms with Crippen molar-refractivity contribution in [3.63, 3.8) is 0 Å². The van der Waals surface area contributed by atoms with Crippen LogP contribution in [0.1, 0.15) is 12.8 Å². The molecular formula is C18H17N3O. The van der Waals surface area contributed by atoms with Crippen LogP contribution in [-0.4, -0.2) is 23.1 Å². The highest BCUT2D eigenvalue weighted by molar-refractivity contribution is 5.83. The summed E-state index contributed by atoms with van der Waals surface area (Å²) >= 11 is 0. The summed E-state index contributed by atoms with van der Waals surface area (Å²) in [4.78, 5) is 10.8. The fourth-order valence-electron chi connectivity index (χ4n) is 2.86. The van der Waals surface area contributed by atoms with Gasteiger partial charge in [-0.25, -0.2) is 9.97 Å². The first-order chi connectivity index (χ1) is 10.9. The van der Waals surface area contributed by atoms with Crippen LogP contribution in [0.3, 0.4) is 0 Å². The van der Waals surface area contributed by atoms with Crippen LogP contribution in [0.4, 0.5) is 5.82 Å². The molecule has 1 aliphatic rings. The minimum Gasteiger partial charge on any atom is -0.439 e. The van der Waals surface area contributed by atoms with Gasteiger partial charge >= 0.3 is 0 Å². The number of anilines is 1. The van der Waals surface area contributed by atoms with Crippen LogP contribution in [0.2, 0.25) is 0 Å². The molecule has 1 aliphatic heterocycles. The first-order valence-electron chi connectivity index (χ1n) is 7.62. The van der Waals surface area contributed by atoms with Crippen molar-refractivity contribution >= 4 is 16.6 Å². The summed E-state index contributed by atoms with van der Waals surface area (Å²) in [6.45, 7) is 2.12. The maximum atomic E-state index is 5.91. The topological polar surface area (TPSA) is 38.2 Å². The Hall–Kier alpha value is -2.62. The van der Waals surface area contributed by atoms with E-state index in [-0.39, 0.29) is 0 Å². The average molecular weight is 291 g/mol. The van der Waals surface area contributed by atoms with Gasteiger partial charge in [-0.1, -0.05) is 30.3 Å². The zero-order valence-electron chi connectivity index (χ0n) is 12.3. The molecule has 1 saturated heterocycles. The summed E-state index contributed by atoms with van der Waals surface area (Å²) in [5.41, 5.74) is 0. The first-order valence-corrected chi connectivity index (χ1v) is 7.62. The molecule has 0 saturated carbocycles. The Morgan fingerprint density at radius 3 is 2.55 bits per heavy atom. The van der Waals surface area contributed by atoms with Gasteiger partial charge in [-0.05, 0) is 35.7 Å². The highest BCUT2D eigenvalue weighted by atomic mass is 16.5. The lowest BCUT2D eigenvalue weighted by Crippen LogP contribution is -2.18. The molecule has 0 spiro atoms. The van der Waals surface area contributed by atoms with Crippen LogP contribution in [0.25, 0.3) is 10.8 Å². The maximum absolute atomic E-state index is 5.91. The van der Waals surface area contributed by atoms with Gasteiger partial charge in [0.05, 0.1) is 0 Å². The Morgan fingerprint density at radius 1 is 0.864 bits per heavy atom. The molecule has 3 aromatic rings. The smallest absolute Gasteiger partial charge is 0.224 e. The van der Waals surface area contributed by atoms with Gasteiger partial charge in [-0.2, -0.15) is 0 Å². The average Bonchev–Trinajstić information content (AvgIpc) is 3.10. The lowest BCUT2D eigenvalue weighted by atomic mass is 10.1. The summed E-state index contributed by atoms with van der Waals surface area (Å²) in [5, 5.41) is 2.36. The number of benzene rings is 2. The van der Waals surface area contributed by atoms with E-state index in [0.717, 1.165) is 30.0 Å². The minimum atomic E-state index is 0.590. The van der Waals surface area contributed by atoms with Crippen molar-refractivity contribution in [2.24, 2.45) is 0 Å². The molecule has 0 radical (unpaired) electrons. The molecule has 4 nitrogen and oxygen atoms in total. The fraction of sp³-hybridized carbons (Fsp3) is 0.222. The minimum absolute atomic E-state index is 0.590. The number of hydrogen-bond acceptors (Lipinski definition) is 4. The van der Waals surface area contributed by atoms with Crippen LogP contribution in [0.5, 0.6) is 11.6 Å². The second-order valence-electron chi connectivity index (χ2n) is 5.52. The van der Waals surface area contributed by atoms with E-state index < -0.39 is 0 Å². The van der Waals surface area contributed by atoms with Gasteiger partial charge in [0, 0.05) is 19.2 Å². The molecule has 4 rings (SSSR count). The SMILES string of the molecule is c1ccc2cc(Oc3cc(N4CCCC4)ncn3)ccc2c1. The molecule has 110 valence electrons. The number of aromatic nitrogens is 2. The van der Waals surface area contributed by atoms with Gasteiger partial charge in [-0.15, -0.1) is 0 Å². The predicted octanol–water partition coefficient (Wildman–Crippen LogP) is 4.02. The van der Waals surface area contributed by atoms with E-state index in [0.29, 0.717) is 5.88 Å². The molecular weight excluding hydrogens is 274 g/mol. The van der Waals surface area contributed by atoms with Crippen molar-refractivity contribution in [1.82, 2.24) is 9.97 Å². The summed E-state index contributed by atoms with van der Waals surface area (Å²) in [6.07, 6.45) is 4.03. The lowest BCUT2D eigenvalue weighted by Gasteiger charge is -2.16. The second kappa shape index (κ2) is 5.64. The standard InChI is InChI=1S/C18H17N3O/c1-2-6-15-11-16(8-7-14(15)5-1)22-18-12-17(19-13-20-18)21-9-3-4-10-21/h1-2,5-8,11-13H,3-4,9-10H2. The Kier molecular flexibility index (Phi) is 3.35. The van der Waals surface area contributed by atoms with E-state index in [9.17, 15) is 0 Å². The predicted molar refractivity (Wildman–Crippen MR) is 87.5 cm³/mol. The molecule has 4 heteroatoms. The number of ether oxygens (including phenoxy) is 1.